The third kappa shape index (κ3) is 4.04. The summed E-state index contributed by atoms with van der Waals surface area (Å²) in [5.74, 6) is 1.89. The second-order valence-corrected chi connectivity index (χ2v) is 3.28. The van der Waals surface area contributed by atoms with E-state index in [1.807, 2.05) is 19.1 Å². The molecule has 0 amide bonds. The van der Waals surface area contributed by atoms with Gasteiger partial charge in [0.05, 0.1) is 0 Å². The van der Waals surface area contributed by atoms with Crippen LogP contribution in [0.25, 0.3) is 0 Å². The lowest BCUT2D eigenvalue weighted by molar-refractivity contribution is 0.485. The van der Waals surface area contributed by atoms with Crippen molar-refractivity contribution >= 4 is 23.5 Å². The molecule has 1 aromatic rings. The zero-order valence-electron chi connectivity index (χ0n) is 7.99. The molecule has 0 aliphatic heterocycles. The zero-order chi connectivity index (χ0) is 10.4. The van der Waals surface area contributed by atoms with Crippen LogP contribution >= 0.6 is 12.2 Å². The highest BCUT2D eigenvalue weighted by Crippen LogP contribution is 2.07. The molecule has 0 radical (unpaired) electrons. The van der Waals surface area contributed by atoms with Gasteiger partial charge in [-0.3, -0.25) is 5.43 Å². The van der Waals surface area contributed by atoms with Gasteiger partial charge in [-0.05, 0) is 37.7 Å². The van der Waals surface area contributed by atoms with Gasteiger partial charge in [0.2, 0.25) is 0 Å². The van der Waals surface area contributed by atoms with E-state index in [0.717, 1.165) is 24.4 Å². The van der Waals surface area contributed by atoms with Gasteiger partial charge in [-0.2, -0.15) is 5.10 Å². The van der Waals surface area contributed by atoms with E-state index in [9.17, 15) is 0 Å². The fourth-order valence-corrected chi connectivity index (χ4v) is 1.05. The van der Waals surface area contributed by atoms with Crippen molar-refractivity contribution in [3.63, 3.8) is 0 Å². The Bertz CT molecular complexity index is 333. The van der Waals surface area contributed by atoms with Gasteiger partial charge in [0, 0.05) is 12.6 Å². The van der Waals surface area contributed by atoms with Crippen LogP contribution in [-0.4, -0.2) is 11.3 Å². The second-order valence-electron chi connectivity index (χ2n) is 2.84. The Morgan fingerprint density at radius 3 is 3.07 bits per heavy atom. The molecule has 4 nitrogen and oxygen atoms in total. The third-order valence-corrected chi connectivity index (χ3v) is 1.67. The predicted molar refractivity (Wildman–Crippen MR) is 60.2 cm³/mol. The lowest BCUT2D eigenvalue weighted by Gasteiger charge is -1.93. The number of hydrazone groups is 1. The molecule has 14 heavy (non-hydrogen) atoms. The summed E-state index contributed by atoms with van der Waals surface area (Å²) in [6, 6.07) is 3.91. The highest BCUT2D eigenvalue weighted by atomic mass is 32.1. The summed E-state index contributed by atoms with van der Waals surface area (Å²) >= 11 is 4.58. The summed E-state index contributed by atoms with van der Waals surface area (Å²) < 4.78 is 5.38. The third-order valence-electron chi connectivity index (χ3n) is 1.58. The fourth-order valence-electron chi connectivity index (χ4n) is 1.00. The Balaban J connectivity index is 2.21. The molecule has 0 unspecified atom stereocenters. The van der Waals surface area contributed by atoms with Crippen molar-refractivity contribution in [2.24, 2.45) is 10.8 Å². The van der Waals surface area contributed by atoms with Gasteiger partial charge >= 0.3 is 0 Å². The monoisotopic (exact) mass is 211 g/mol. The lowest BCUT2D eigenvalue weighted by Crippen LogP contribution is -2.23. The summed E-state index contributed by atoms with van der Waals surface area (Å²) in [6.07, 6.45) is 3.34. The minimum atomic E-state index is 0.176. The van der Waals surface area contributed by atoms with Crippen LogP contribution in [0.2, 0.25) is 0 Å². The molecule has 1 aromatic heterocycles. The van der Waals surface area contributed by atoms with Crippen LogP contribution < -0.4 is 11.2 Å². The van der Waals surface area contributed by atoms with Crippen molar-refractivity contribution < 1.29 is 4.42 Å². The average molecular weight is 211 g/mol. The number of nitrogens with two attached hydrogens (primary N) is 1. The van der Waals surface area contributed by atoms with Gasteiger partial charge in [-0.1, -0.05) is 0 Å². The minimum absolute atomic E-state index is 0.176. The van der Waals surface area contributed by atoms with Crippen LogP contribution in [-0.2, 0) is 6.42 Å². The number of rotatable bonds is 4. The first-order valence-corrected chi connectivity index (χ1v) is 4.71. The van der Waals surface area contributed by atoms with Crippen LogP contribution in [0.3, 0.4) is 0 Å². The maximum atomic E-state index is 5.38. The van der Waals surface area contributed by atoms with E-state index >= 15 is 0 Å². The average Bonchev–Trinajstić information content (AvgIpc) is 2.50. The smallest absolute Gasteiger partial charge is 0.184 e. The Labute approximate surface area is 88.2 Å². The number of thiocarbonyl (C=S) groups is 1. The van der Waals surface area contributed by atoms with Crippen molar-refractivity contribution in [1.29, 1.82) is 0 Å². The molecule has 1 heterocycles. The maximum Gasteiger partial charge on any atom is 0.184 e. The topological polar surface area (TPSA) is 63.5 Å². The number of hydrogen-bond acceptors (Lipinski definition) is 3. The molecule has 3 N–H and O–H groups in total. The molecule has 0 aliphatic carbocycles. The Hall–Kier alpha value is -1.36. The van der Waals surface area contributed by atoms with E-state index in [1.165, 1.54) is 0 Å². The Morgan fingerprint density at radius 1 is 1.71 bits per heavy atom. The SMILES string of the molecule is Cc1ccc(CC/C=N\NC(N)=S)o1. The Morgan fingerprint density at radius 2 is 2.50 bits per heavy atom. The predicted octanol–water partition coefficient (Wildman–Crippen LogP) is 1.34. The second kappa shape index (κ2) is 5.39. The van der Waals surface area contributed by atoms with E-state index in [1.54, 1.807) is 6.21 Å². The van der Waals surface area contributed by atoms with Crippen molar-refractivity contribution in [3.8, 4) is 0 Å². The number of hydrogen-bond donors (Lipinski definition) is 2. The van der Waals surface area contributed by atoms with Crippen molar-refractivity contribution in [2.45, 2.75) is 19.8 Å². The summed E-state index contributed by atoms with van der Waals surface area (Å²) in [7, 11) is 0. The highest BCUT2D eigenvalue weighted by Gasteiger charge is 1.95. The van der Waals surface area contributed by atoms with Gasteiger partial charge in [0.25, 0.3) is 0 Å². The molecule has 76 valence electrons. The Kier molecular flexibility index (Phi) is 4.12. The van der Waals surface area contributed by atoms with E-state index in [2.05, 4.69) is 22.7 Å². The van der Waals surface area contributed by atoms with Crippen LogP contribution in [0.1, 0.15) is 17.9 Å². The van der Waals surface area contributed by atoms with Gasteiger partial charge in [-0.25, -0.2) is 0 Å². The van der Waals surface area contributed by atoms with E-state index in [-0.39, 0.29) is 5.11 Å². The normalized spacial score (nSPS) is 10.6. The number of nitrogens with one attached hydrogen (secondary N) is 1. The molecule has 0 saturated carbocycles. The highest BCUT2D eigenvalue weighted by molar-refractivity contribution is 7.80. The molecule has 0 saturated heterocycles. The zero-order valence-corrected chi connectivity index (χ0v) is 8.80. The summed E-state index contributed by atoms with van der Waals surface area (Å²) in [5, 5.41) is 3.99. The van der Waals surface area contributed by atoms with Gasteiger partial charge in [0.1, 0.15) is 11.5 Å². The molecular weight excluding hydrogens is 198 g/mol. The molecule has 0 atom stereocenters. The van der Waals surface area contributed by atoms with E-state index in [0.29, 0.717) is 0 Å². The van der Waals surface area contributed by atoms with Crippen molar-refractivity contribution in [1.82, 2.24) is 5.43 Å². The largest absolute Gasteiger partial charge is 0.466 e. The summed E-state index contributed by atoms with van der Waals surface area (Å²) in [4.78, 5) is 0. The van der Waals surface area contributed by atoms with Gasteiger partial charge in [0.15, 0.2) is 5.11 Å². The number of aryl methyl sites for hydroxylation is 2. The molecule has 0 aromatic carbocycles. The molecule has 1 rings (SSSR count). The quantitative estimate of drug-likeness (QED) is 0.448. The van der Waals surface area contributed by atoms with Gasteiger partial charge in [-0.15, -0.1) is 0 Å². The first-order chi connectivity index (χ1) is 6.68. The molecule has 0 bridgehead atoms. The summed E-state index contributed by atoms with van der Waals surface area (Å²) in [6.45, 7) is 1.92. The van der Waals surface area contributed by atoms with Crippen LogP contribution in [0.4, 0.5) is 0 Å². The van der Waals surface area contributed by atoms with Crippen molar-refractivity contribution in [3.05, 3.63) is 23.7 Å². The molecule has 5 heteroatoms. The van der Waals surface area contributed by atoms with Crippen LogP contribution in [0, 0.1) is 6.92 Å². The van der Waals surface area contributed by atoms with E-state index < -0.39 is 0 Å². The van der Waals surface area contributed by atoms with E-state index in [4.69, 9.17) is 10.2 Å². The van der Waals surface area contributed by atoms with Gasteiger partial charge < -0.3 is 10.2 Å². The van der Waals surface area contributed by atoms with Crippen LogP contribution in [0.5, 0.6) is 0 Å². The summed E-state index contributed by atoms with van der Waals surface area (Å²) in [5.41, 5.74) is 7.66. The molecule has 0 fully saturated rings. The fraction of sp³-hybridized carbons (Fsp3) is 0.333. The maximum absolute atomic E-state index is 5.38. The molecule has 0 spiro atoms. The standard InChI is InChI=1S/C9H13N3OS/c1-7-4-5-8(13-7)3-2-6-11-12-9(10)14/h4-6H,2-3H2,1H3,(H3,10,12,14)/b11-6-. The number of nitrogens with zero attached hydrogens (tertiary/aromatic N) is 1. The van der Waals surface area contributed by atoms with Crippen molar-refractivity contribution in [2.75, 3.05) is 0 Å². The molecular formula is C9H13N3OS. The number of furan rings is 1. The first kappa shape index (κ1) is 10.7. The van der Waals surface area contributed by atoms with Crippen LogP contribution in [0.15, 0.2) is 21.7 Å². The lowest BCUT2D eigenvalue weighted by atomic mass is 10.3. The minimum Gasteiger partial charge on any atom is -0.466 e. The molecule has 0 aliphatic rings. The first-order valence-electron chi connectivity index (χ1n) is 4.31.